The van der Waals surface area contributed by atoms with E-state index in [9.17, 15) is 4.79 Å². The summed E-state index contributed by atoms with van der Waals surface area (Å²) in [6, 6.07) is 10.8. The van der Waals surface area contributed by atoms with Gasteiger partial charge in [-0.15, -0.1) is 0 Å². The number of benzene rings is 1. The number of aromatic nitrogens is 2. The van der Waals surface area contributed by atoms with E-state index in [2.05, 4.69) is 20.6 Å². The van der Waals surface area contributed by atoms with E-state index < -0.39 is 0 Å². The zero-order valence-corrected chi connectivity index (χ0v) is 16.6. The van der Waals surface area contributed by atoms with E-state index in [1.807, 2.05) is 49.2 Å². The quantitative estimate of drug-likeness (QED) is 0.799. The lowest BCUT2D eigenvalue weighted by Gasteiger charge is -2.48. The van der Waals surface area contributed by atoms with Crippen molar-refractivity contribution in [2.75, 3.05) is 42.1 Å². The third-order valence-electron chi connectivity index (χ3n) is 4.71. The van der Waals surface area contributed by atoms with Gasteiger partial charge in [-0.3, -0.25) is 0 Å². The number of para-hydroxylation sites is 1. The van der Waals surface area contributed by atoms with Crippen LogP contribution in [0.15, 0.2) is 42.6 Å². The van der Waals surface area contributed by atoms with Crippen LogP contribution in [0.3, 0.4) is 0 Å². The monoisotopic (exact) mass is 398 g/mol. The van der Waals surface area contributed by atoms with Crippen molar-refractivity contribution in [1.82, 2.24) is 15.0 Å². The number of amides is 2. The predicted octanol–water partition coefficient (Wildman–Crippen LogP) is 2.35. The number of morpholine rings is 2. The first-order chi connectivity index (χ1) is 14.1. The zero-order valence-electron chi connectivity index (χ0n) is 16.6. The van der Waals surface area contributed by atoms with Crippen molar-refractivity contribution >= 4 is 23.5 Å². The third kappa shape index (κ3) is 4.47. The summed E-state index contributed by atoms with van der Waals surface area (Å²) >= 11 is 0. The molecule has 0 unspecified atom stereocenters. The number of nitrogens with zero attached hydrogens (tertiary/aromatic N) is 4. The molecule has 1 aromatic carbocycles. The first-order valence-corrected chi connectivity index (χ1v) is 9.81. The van der Waals surface area contributed by atoms with Crippen molar-refractivity contribution in [2.45, 2.75) is 32.0 Å². The molecule has 1 aromatic heterocycles. The highest BCUT2D eigenvalue weighted by molar-refractivity contribution is 6.00. The van der Waals surface area contributed by atoms with Crippen LogP contribution in [0.5, 0.6) is 0 Å². The molecule has 2 aromatic rings. The van der Waals surface area contributed by atoms with Crippen molar-refractivity contribution in [3.63, 3.8) is 0 Å². The number of ether oxygens (including phenoxy) is 2. The molecule has 0 aliphatic carbocycles. The fraction of sp³-hybridized carbons (Fsp3) is 0.450. The number of nitrogens with one attached hydrogen (secondary N) is 2. The van der Waals surface area contributed by atoms with Crippen LogP contribution < -0.4 is 15.6 Å². The molecule has 9 heteroatoms. The highest BCUT2D eigenvalue weighted by Crippen LogP contribution is 2.26. The highest BCUT2D eigenvalue weighted by atomic mass is 16.5. The Hall–Kier alpha value is -2.75. The van der Waals surface area contributed by atoms with Crippen LogP contribution in [0, 0.1) is 0 Å². The number of hydrogen-bond acceptors (Lipinski definition) is 7. The maximum absolute atomic E-state index is 13.4. The van der Waals surface area contributed by atoms with Crippen LogP contribution in [0.4, 0.5) is 22.2 Å². The zero-order chi connectivity index (χ0) is 20.2. The summed E-state index contributed by atoms with van der Waals surface area (Å²) in [4.78, 5) is 22.4. The number of hydrogen-bond donors (Lipinski definition) is 2. The molecular formula is C20H26N6O3. The largest absolute Gasteiger partial charge is 0.378 e. The summed E-state index contributed by atoms with van der Waals surface area (Å²) in [5, 5.41) is 9.74. The SMILES string of the molecule is CC(C)Nc1ccnc(N(C(=O)Nc2ccccc2)N2C3COCC2COC3)n1. The average Bonchev–Trinajstić information content (AvgIpc) is 2.68. The molecule has 4 rings (SSSR count). The highest BCUT2D eigenvalue weighted by Gasteiger charge is 2.42. The number of urea groups is 1. The number of anilines is 3. The summed E-state index contributed by atoms with van der Waals surface area (Å²) < 4.78 is 11.4. The molecule has 0 saturated carbocycles. The molecule has 29 heavy (non-hydrogen) atoms. The Morgan fingerprint density at radius 3 is 2.38 bits per heavy atom. The normalized spacial score (nSPS) is 21.6. The molecule has 2 fully saturated rings. The van der Waals surface area contributed by atoms with E-state index in [4.69, 9.17) is 9.47 Å². The van der Waals surface area contributed by atoms with E-state index >= 15 is 0 Å². The number of carbonyl (C=O) groups is 1. The fourth-order valence-corrected chi connectivity index (χ4v) is 3.53. The van der Waals surface area contributed by atoms with E-state index in [0.29, 0.717) is 43.9 Å². The number of rotatable bonds is 5. The van der Waals surface area contributed by atoms with Crippen molar-refractivity contribution in [2.24, 2.45) is 0 Å². The maximum atomic E-state index is 13.4. The van der Waals surface area contributed by atoms with Crippen molar-refractivity contribution < 1.29 is 14.3 Å². The summed E-state index contributed by atoms with van der Waals surface area (Å²) in [6.07, 6.45) is 1.66. The van der Waals surface area contributed by atoms with Gasteiger partial charge in [0.15, 0.2) is 0 Å². The average molecular weight is 398 g/mol. The lowest BCUT2D eigenvalue weighted by Crippen LogP contribution is -2.67. The Morgan fingerprint density at radius 1 is 1.10 bits per heavy atom. The molecule has 0 spiro atoms. The summed E-state index contributed by atoms with van der Waals surface area (Å²) in [7, 11) is 0. The molecule has 2 amide bonds. The molecule has 2 saturated heterocycles. The topological polar surface area (TPSA) is 91.9 Å². The van der Waals surface area contributed by atoms with E-state index in [1.54, 1.807) is 12.3 Å². The second-order valence-electron chi connectivity index (χ2n) is 7.41. The Morgan fingerprint density at radius 2 is 1.76 bits per heavy atom. The maximum Gasteiger partial charge on any atom is 0.343 e. The van der Waals surface area contributed by atoms with Gasteiger partial charge >= 0.3 is 6.03 Å². The second kappa shape index (κ2) is 8.73. The van der Waals surface area contributed by atoms with Crippen LogP contribution in [0.25, 0.3) is 0 Å². The molecule has 2 N–H and O–H groups in total. The van der Waals surface area contributed by atoms with E-state index in [0.717, 1.165) is 0 Å². The van der Waals surface area contributed by atoms with Crippen LogP contribution >= 0.6 is 0 Å². The smallest absolute Gasteiger partial charge is 0.343 e. The summed E-state index contributed by atoms with van der Waals surface area (Å²) in [5.41, 5.74) is 0.702. The van der Waals surface area contributed by atoms with Crippen LogP contribution in [-0.4, -0.2) is 65.6 Å². The predicted molar refractivity (Wildman–Crippen MR) is 110 cm³/mol. The molecule has 0 atom stereocenters. The number of fused-ring (bicyclic) bond motifs is 2. The second-order valence-corrected chi connectivity index (χ2v) is 7.41. The molecule has 3 heterocycles. The first kappa shape index (κ1) is 19.6. The van der Waals surface area contributed by atoms with E-state index in [-0.39, 0.29) is 24.2 Å². The Bertz CT molecular complexity index is 812. The van der Waals surface area contributed by atoms with Crippen molar-refractivity contribution in [3.05, 3.63) is 42.6 Å². The van der Waals surface area contributed by atoms with Crippen molar-refractivity contribution in [1.29, 1.82) is 0 Å². The number of hydrazine groups is 1. The summed E-state index contributed by atoms with van der Waals surface area (Å²) in [5.74, 6) is 0.972. The molecule has 2 aliphatic heterocycles. The van der Waals surface area contributed by atoms with Gasteiger partial charge in [-0.05, 0) is 32.0 Å². The molecule has 2 aliphatic rings. The minimum Gasteiger partial charge on any atom is -0.378 e. The Kier molecular flexibility index (Phi) is 5.89. The van der Waals surface area contributed by atoms with Gasteiger partial charge in [0.25, 0.3) is 5.95 Å². The fourth-order valence-electron chi connectivity index (χ4n) is 3.53. The Labute approximate surface area is 170 Å². The van der Waals surface area contributed by atoms with Gasteiger partial charge in [-0.25, -0.2) is 9.78 Å². The van der Waals surface area contributed by atoms with Gasteiger partial charge in [-0.2, -0.15) is 15.0 Å². The van der Waals surface area contributed by atoms with Crippen molar-refractivity contribution in [3.8, 4) is 0 Å². The lowest BCUT2D eigenvalue weighted by atomic mass is 10.1. The van der Waals surface area contributed by atoms with Gasteiger partial charge < -0.3 is 20.1 Å². The molecular weight excluding hydrogens is 372 g/mol. The Balaban J connectivity index is 1.68. The molecule has 154 valence electrons. The van der Waals surface area contributed by atoms with Gasteiger partial charge in [0.1, 0.15) is 5.82 Å². The van der Waals surface area contributed by atoms with Crippen LogP contribution in [0.2, 0.25) is 0 Å². The number of carbonyl (C=O) groups excluding carboxylic acids is 1. The van der Waals surface area contributed by atoms with Crippen LogP contribution in [-0.2, 0) is 9.47 Å². The lowest BCUT2D eigenvalue weighted by molar-refractivity contribution is -0.137. The minimum absolute atomic E-state index is 0.0886. The minimum atomic E-state index is -0.323. The van der Waals surface area contributed by atoms with Gasteiger partial charge in [0.2, 0.25) is 0 Å². The molecule has 2 bridgehead atoms. The third-order valence-corrected chi connectivity index (χ3v) is 4.71. The summed E-state index contributed by atoms with van der Waals surface area (Å²) in [6.45, 7) is 5.99. The standard InChI is InChI=1S/C20H26N6O3/c1-14(2)22-18-8-9-21-19(24-18)26(20(27)23-15-6-4-3-5-7-15)25-16-10-28-12-17(25)13-29-11-16/h3-9,14,16-17H,10-13H2,1-2H3,(H,23,27)(H,21,22,24). The van der Waals surface area contributed by atoms with Gasteiger partial charge in [0.05, 0.1) is 38.5 Å². The van der Waals surface area contributed by atoms with Gasteiger partial charge in [0, 0.05) is 17.9 Å². The molecule has 9 nitrogen and oxygen atoms in total. The van der Waals surface area contributed by atoms with Gasteiger partial charge in [-0.1, -0.05) is 18.2 Å². The first-order valence-electron chi connectivity index (χ1n) is 9.81. The van der Waals surface area contributed by atoms with E-state index in [1.165, 1.54) is 5.01 Å². The van der Waals surface area contributed by atoms with Crippen LogP contribution in [0.1, 0.15) is 13.8 Å². The molecule has 0 radical (unpaired) electrons.